The maximum atomic E-state index is 12.9. The number of aryl methyl sites for hydroxylation is 3. The average molecular weight is 335 g/mol. The van der Waals surface area contributed by atoms with E-state index in [-0.39, 0.29) is 5.91 Å². The van der Waals surface area contributed by atoms with Crippen LogP contribution >= 0.6 is 0 Å². The quantitative estimate of drug-likeness (QED) is 0.784. The highest BCUT2D eigenvalue weighted by atomic mass is 16.5. The number of carbonyl (C=O) groups is 1. The molecule has 1 fully saturated rings. The smallest absolute Gasteiger partial charge is 0.252 e. The molecule has 2 heterocycles. The van der Waals surface area contributed by atoms with E-state index < -0.39 is 0 Å². The van der Waals surface area contributed by atoms with Gasteiger partial charge in [0, 0.05) is 29.1 Å². The largest absolute Gasteiger partial charge is 0.361 e. The molecule has 0 aliphatic heterocycles. The minimum atomic E-state index is -0.0834. The summed E-state index contributed by atoms with van der Waals surface area (Å²) in [5.41, 5.74) is 5.48. The van der Waals surface area contributed by atoms with Crippen LogP contribution in [-0.2, 0) is 6.54 Å². The first-order chi connectivity index (χ1) is 12.0. The van der Waals surface area contributed by atoms with E-state index in [1.165, 1.54) is 0 Å². The Labute approximate surface area is 146 Å². The predicted molar refractivity (Wildman–Crippen MR) is 95.6 cm³/mol. The van der Waals surface area contributed by atoms with Crippen molar-refractivity contribution < 1.29 is 9.32 Å². The monoisotopic (exact) mass is 335 g/mol. The molecule has 0 bridgehead atoms. The lowest BCUT2D eigenvalue weighted by Gasteiger charge is -2.11. The molecule has 0 radical (unpaired) electrons. The maximum Gasteiger partial charge on any atom is 0.252 e. The molecule has 5 heteroatoms. The number of amides is 1. The lowest BCUT2D eigenvalue weighted by Crippen LogP contribution is -2.24. The topological polar surface area (TPSA) is 68.0 Å². The fraction of sp³-hybridized carbons (Fsp3) is 0.350. The van der Waals surface area contributed by atoms with Crippen molar-refractivity contribution in [3.63, 3.8) is 0 Å². The molecule has 128 valence electrons. The van der Waals surface area contributed by atoms with Crippen LogP contribution in [-0.4, -0.2) is 16.0 Å². The molecular formula is C20H21N3O2. The van der Waals surface area contributed by atoms with Gasteiger partial charge in [-0.1, -0.05) is 16.8 Å². The highest BCUT2D eigenvalue weighted by Gasteiger charge is 2.27. The van der Waals surface area contributed by atoms with Crippen molar-refractivity contribution in [2.45, 2.75) is 46.1 Å². The first-order valence-corrected chi connectivity index (χ1v) is 8.64. The molecule has 1 aliphatic carbocycles. The van der Waals surface area contributed by atoms with Gasteiger partial charge in [-0.15, -0.1) is 0 Å². The number of rotatable bonds is 4. The minimum Gasteiger partial charge on any atom is -0.361 e. The van der Waals surface area contributed by atoms with E-state index >= 15 is 0 Å². The molecule has 1 N–H and O–H groups in total. The van der Waals surface area contributed by atoms with Gasteiger partial charge in [-0.05, 0) is 51.8 Å². The molecule has 1 aromatic carbocycles. The molecule has 1 amide bonds. The third-order valence-electron chi connectivity index (χ3n) is 4.83. The van der Waals surface area contributed by atoms with E-state index in [1.54, 1.807) is 0 Å². The molecular weight excluding hydrogens is 314 g/mol. The Hall–Kier alpha value is -2.69. The Kier molecular flexibility index (Phi) is 3.79. The van der Waals surface area contributed by atoms with Crippen molar-refractivity contribution in [2.75, 3.05) is 0 Å². The van der Waals surface area contributed by atoms with Crippen LogP contribution in [0.25, 0.3) is 10.9 Å². The first-order valence-electron chi connectivity index (χ1n) is 8.64. The number of aromatic nitrogens is 2. The highest BCUT2D eigenvalue weighted by molar-refractivity contribution is 6.06. The molecule has 4 rings (SSSR count). The zero-order valence-electron chi connectivity index (χ0n) is 14.7. The standard InChI is InChI=1S/C20H21N3O2/c1-11-4-7-18-15(8-11)16(9-19(22-18)14-5-6-14)20(24)21-10-17-12(2)23-25-13(17)3/h4,7-9,14H,5-6,10H2,1-3H3,(H,21,24). The first kappa shape index (κ1) is 15.8. The lowest BCUT2D eigenvalue weighted by atomic mass is 10.0. The Bertz CT molecular complexity index is 951. The van der Waals surface area contributed by atoms with Gasteiger partial charge < -0.3 is 9.84 Å². The van der Waals surface area contributed by atoms with Gasteiger partial charge in [-0.25, -0.2) is 0 Å². The third-order valence-corrected chi connectivity index (χ3v) is 4.83. The Morgan fingerprint density at radius 3 is 2.72 bits per heavy atom. The normalized spacial score (nSPS) is 14.0. The van der Waals surface area contributed by atoms with Crippen LogP contribution in [0.5, 0.6) is 0 Å². The molecule has 1 saturated carbocycles. The molecule has 0 spiro atoms. The summed E-state index contributed by atoms with van der Waals surface area (Å²) in [7, 11) is 0. The molecule has 2 aromatic heterocycles. The van der Waals surface area contributed by atoms with Gasteiger partial charge in [0.25, 0.3) is 5.91 Å². The van der Waals surface area contributed by atoms with E-state index in [1.807, 2.05) is 45.0 Å². The SMILES string of the molecule is Cc1ccc2nc(C3CC3)cc(C(=O)NCc3c(C)noc3C)c2c1. The van der Waals surface area contributed by atoms with Crippen molar-refractivity contribution >= 4 is 16.8 Å². The van der Waals surface area contributed by atoms with Crippen LogP contribution in [0.1, 0.15) is 57.4 Å². The average Bonchev–Trinajstić information content (AvgIpc) is 3.39. The van der Waals surface area contributed by atoms with Gasteiger partial charge in [0.2, 0.25) is 0 Å². The van der Waals surface area contributed by atoms with Crippen molar-refractivity contribution in [1.29, 1.82) is 0 Å². The second-order valence-corrected chi connectivity index (χ2v) is 6.87. The van der Waals surface area contributed by atoms with Crippen LogP contribution < -0.4 is 5.32 Å². The number of nitrogens with one attached hydrogen (secondary N) is 1. The molecule has 1 aliphatic rings. The summed E-state index contributed by atoms with van der Waals surface area (Å²) in [6.07, 6.45) is 2.31. The second-order valence-electron chi connectivity index (χ2n) is 6.87. The van der Waals surface area contributed by atoms with E-state index in [0.717, 1.165) is 52.0 Å². The van der Waals surface area contributed by atoms with Gasteiger partial charge >= 0.3 is 0 Å². The Morgan fingerprint density at radius 2 is 2.04 bits per heavy atom. The molecule has 3 aromatic rings. The summed E-state index contributed by atoms with van der Waals surface area (Å²) in [5, 5.41) is 7.86. The van der Waals surface area contributed by atoms with Gasteiger partial charge in [0.1, 0.15) is 5.76 Å². The molecule has 0 atom stereocenters. The summed E-state index contributed by atoms with van der Waals surface area (Å²) in [5.74, 6) is 1.16. The van der Waals surface area contributed by atoms with Gasteiger partial charge in [-0.3, -0.25) is 9.78 Å². The molecule has 25 heavy (non-hydrogen) atoms. The number of benzene rings is 1. The fourth-order valence-corrected chi connectivity index (χ4v) is 3.15. The zero-order valence-corrected chi connectivity index (χ0v) is 14.7. The second kappa shape index (κ2) is 5.99. The Balaban J connectivity index is 1.69. The molecule has 5 nitrogen and oxygen atoms in total. The van der Waals surface area contributed by atoms with E-state index in [9.17, 15) is 4.79 Å². The van der Waals surface area contributed by atoms with E-state index in [2.05, 4.69) is 10.5 Å². The number of hydrogen-bond acceptors (Lipinski definition) is 4. The van der Waals surface area contributed by atoms with Gasteiger partial charge in [0.15, 0.2) is 0 Å². The van der Waals surface area contributed by atoms with Crippen LogP contribution in [0.3, 0.4) is 0 Å². The summed E-state index contributed by atoms with van der Waals surface area (Å²) in [4.78, 5) is 17.6. The van der Waals surface area contributed by atoms with Gasteiger partial charge in [0.05, 0.1) is 16.8 Å². The number of pyridine rings is 1. The summed E-state index contributed by atoms with van der Waals surface area (Å²) in [6, 6.07) is 8.03. The number of nitrogens with zero attached hydrogens (tertiary/aromatic N) is 2. The van der Waals surface area contributed by atoms with Crippen LogP contribution in [0, 0.1) is 20.8 Å². The van der Waals surface area contributed by atoms with Crippen LogP contribution in [0.15, 0.2) is 28.8 Å². The van der Waals surface area contributed by atoms with Crippen LogP contribution in [0.4, 0.5) is 0 Å². The summed E-state index contributed by atoms with van der Waals surface area (Å²) < 4.78 is 5.17. The molecule has 0 unspecified atom stereocenters. The Morgan fingerprint density at radius 1 is 1.24 bits per heavy atom. The third kappa shape index (κ3) is 3.02. The summed E-state index contributed by atoms with van der Waals surface area (Å²) >= 11 is 0. The molecule has 0 saturated heterocycles. The van der Waals surface area contributed by atoms with Crippen LogP contribution in [0.2, 0.25) is 0 Å². The number of fused-ring (bicyclic) bond motifs is 1. The lowest BCUT2D eigenvalue weighted by molar-refractivity contribution is 0.0952. The van der Waals surface area contributed by atoms with Crippen molar-refractivity contribution in [3.05, 3.63) is 58.1 Å². The number of carbonyl (C=O) groups excluding carboxylic acids is 1. The highest BCUT2D eigenvalue weighted by Crippen LogP contribution is 2.40. The van der Waals surface area contributed by atoms with Crippen molar-refractivity contribution in [1.82, 2.24) is 15.5 Å². The minimum absolute atomic E-state index is 0.0834. The van der Waals surface area contributed by atoms with E-state index in [4.69, 9.17) is 9.51 Å². The summed E-state index contributed by atoms with van der Waals surface area (Å²) in [6.45, 7) is 6.18. The maximum absolute atomic E-state index is 12.9. The fourth-order valence-electron chi connectivity index (χ4n) is 3.15. The zero-order chi connectivity index (χ0) is 17.6. The number of hydrogen-bond donors (Lipinski definition) is 1. The predicted octanol–water partition coefficient (Wildman–Crippen LogP) is 3.96. The van der Waals surface area contributed by atoms with E-state index in [0.29, 0.717) is 18.0 Å². The van der Waals surface area contributed by atoms with Crippen molar-refractivity contribution in [3.8, 4) is 0 Å². The van der Waals surface area contributed by atoms with Crippen molar-refractivity contribution in [2.24, 2.45) is 0 Å². The van der Waals surface area contributed by atoms with Gasteiger partial charge in [-0.2, -0.15) is 0 Å².